The van der Waals surface area contributed by atoms with Crippen LogP contribution in [0.25, 0.3) is 21.9 Å². The van der Waals surface area contributed by atoms with Crippen molar-refractivity contribution in [3.63, 3.8) is 0 Å². The van der Waals surface area contributed by atoms with Gasteiger partial charge < -0.3 is 9.88 Å². The zero-order valence-electron chi connectivity index (χ0n) is 15.2. The van der Waals surface area contributed by atoms with Crippen LogP contribution in [0.15, 0.2) is 59.7 Å². The van der Waals surface area contributed by atoms with E-state index >= 15 is 0 Å². The van der Waals surface area contributed by atoms with Crippen LogP contribution in [0.2, 0.25) is 0 Å². The number of H-pyrrole nitrogens is 1. The zero-order chi connectivity index (χ0) is 19.1. The second-order valence-corrected chi connectivity index (χ2v) is 7.08. The molecule has 2 aromatic heterocycles. The zero-order valence-corrected chi connectivity index (χ0v) is 15.2. The lowest BCUT2D eigenvalue weighted by atomic mass is 10.2. The standard InChI is InChI=1S/C21H19N5O2/c27-19(12-25-13-22-15-7-2-1-6-14(15)21(25)28)26-11-5-10-18(26)20-23-16-8-3-4-9-17(16)24-20/h1-4,6-9,13,18H,5,10-12H2,(H,23,24)/t18-/m1/s1. The van der Waals surface area contributed by atoms with Gasteiger partial charge in [0.15, 0.2) is 0 Å². The third kappa shape index (κ3) is 2.76. The molecule has 1 saturated heterocycles. The van der Waals surface area contributed by atoms with Crippen molar-refractivity contribution < 1.29 is 4.79 Å². The third-order valence-corrected chi connectivity index (χ3v) is 5.33. The molecule has 5 rings (SSSR count). The van der Waals surface area contributed by atoms with Crippen LogP contribution in [0.1, 0.15) is 24.7 Å². The van der Waals surface area contributed by atoms with Gasteiger partial charge in [-0.05, 0) is 37.1 Å². The molecule has 140 valence electrons. The molecule has 1 atom stereocenters. The first kappa shape index (κ1) is 16.7. The van der Waals surface area contributed by atoms with Crippen molar-refractivity contribution in [2.45, 2.75) is 25.4 Å². The molecular formula is C21H19N5O2. The predicted molar refractivity (Wildman–Crippen MR) is 106 cm³/mol. The van der Waals surface area contributed by atoms with Gasteiger partial charge in [0, 0.05) is 6.54 Å². The maximum atomic E-state index is 13.0. The summed E-state index contributed by atoms with van der Waals surface area (Å²) in [5.41, 5.74) is 2.30. The first-order valence-electron chi connectivity index (χ1n) is 9.39. The summed E-state index contributed by atoms with van der Waals surface area (Å²) < 4.78 is 1.39. The molecule has 0 bridgehead atoms. The molecule has 3 heterocycles. The van der Waals surface area contributed by atoms with Crippen LogP contribution in [0, 0.1) is 0 Å². The number of aromatic nitrogens is 4. The van der Waals surface area contributed by atoms with Crippen molar-refractivity contribution >= 4 is 27.8 Å². The van der Waals surface area contributed by atoms with Crippen molar-refractivity contribution in [3.05, 3.63) is 71.0 Å². The molecule has 7 heteroatoms. The Morgan fingerprint density at radius 3 is 2.75 bits per heavy atom. The summed E-state index contributed by atoms with van der Waals surface area (Å²) >= 11 is 0. The fourth-order valence-corrected chi connectivity index (χ4v) is 3.94. The van der Waals surface area contributed by atoms with Crippen LogP contribution >= 0.6 is 0 Å². The van der Waals surface area contributed by atoms with E-state index in [-0.39, 0.29) is 24.1 Å². The molecule has 0 radical (unpaired) electrons. The van der Waals surface area contributed by atoms with Crippen LogP contribution in [-0.4, -0.2) is 36.9 Å². The molecule has 28 heavy (non-hydrogen) atoms. The molecular weight excluding hydrogens is 354 g/mol. The summed E-state index contributed by atoms with van der Waals surface area (Å²) in [5, 5.41) is 0.521. The van der Waals surface area contributed by atoms with Gasteiger partial charge in [-0.3, -0.25) is 14.2 Å². The summed E-state index contributed by atoms with van der Waals surface area (Å²) in [5.74, 6) is 0.707. The fourth-order valence-electron chi connectivity index (χ4n) is 3.94. The summed E-state index contributed by atoms with van der Waals surface area (Å²) in [6.07, 6.45) is 3.23. The van der Waals surface area contributed by atoms with Gasteiger partial charge in [-0.1, -0.05) is 24.3 Å². The number of amides is 1. The van der Waals surface area contributed by atoms with E-state index in [4.69, 9.17) is 0 Å². The smallest absolute Gasteiger partial charge is 0.261 e. The highest BCUT2D eigenvalue weighted by Crippen LogP contribution is 2.31. The molecule has 1 aliphatic heterocycles. The summed E-state index contributed by atoms with van der Waals surface area (Å²) in [6, 6.07) is 14.9. The second-order valence-electron chi connectivity index (χ2n) is 7.08. The van der Waals surface area contributed by atoms with Crippen LogP contribution in [0.5, 0.6) is 0 Å². The van der Waals surface area contributed by atoms with Crippen LogP contribution in [0.4, 0.5) is 0 Å². The normalized spacial score (nSPS) is 16.9. The number of nitrogens with one attached hydrogen (secondary N) is 1. The highest BCUT2D eigenvalue weighted by atomic mass is 16.2. The number of benzene rings is 2. The number of nitrogens with zero attached hydrogens (tertiary/aromatic N) is 4. The van der Waals surface area contributed by atoms with Gasteiger partial charge in [-0.25, -0.2) is 9.97 Å². The molecule has 1 aliphatic rings. The Bertz CT molecular complexity index is 1210. The number of rotatable bonds is 3. The average Bonchev–Trinajstić information content (AvgIpc) is 3.37. The van der Waals surface area contributed by atoms with Crippen molar-refractivity contribution in [2.24, 2.45) is 0 Å². The number of carbonyl (C=O) groups excluding carboxylic acids is 1. The van der Waals surface area contributed by atoms with E-state index in [2.05, 4.69) is 15.0 Å². The Morgan fingerprint density at radius 1 is 1.11 bits per heavy atom. The quantitative estimate of drug-likeness (QED) is 0.598. The number of carbonyl (C=O) groups is 1. The Kier molecular flexibility index (Phi) is 3.93. The first-order valence-corrected chi connectivity index (χ1v) is 9.39. The van der Waals surface area contributed by atoms with Gasteiger partial charge >= 0.3 is 0 Å². The molecule has 0 unspecified atom stereocenters. The summed E-state index contributed by atoms with van der Waals surface area (Å²) in [4.78, 5) is 39.8. The molecule has 4 aromatic rings. The van der Waals surface area contributed by atoms with Gasteiger partial charge in [-0.15, -0.1) is 0 Å². The SMILES string of the molecule is O=C(Cn1cnc2ccccc2c1=O)N1CCC[C@@H]1c1nc2ccccc2[nH]1. The highest BCUT2D eigenvalue weighted by molar-refractivity contribution is 5.80. The van der Waals surface area contributed by atoms with Crippen molar-refractivity contribution in [1.29, 1.82) is 0 Å². The van der Waals surface area contributed by atoms with Gasteiger partial charge in [-0.2, -0.15) is 0 Å². The molecule has 0 aliphatic carbocycles. The topological polar surface area (TPSA) is 83.9 Å². The highest BCUT2D eigenvalue weighted by Gasteiger charge is 2.32. The largest absolute Gasteiger partial charge is 0.340 e. The van der Waals surface area contributed by atoms with Gasteiger partial charge in [0.05, 0.1) is 34.3 Å². The lowest BCUT2D eigenvalue weighted by Crippen LogP contribution is -2.36. The van der Waals surface area contributed by atoms with E-state index in [0.29, 0.717) is 17.4 Å². The summed E-state index contributed by atoms with van der Waals surface area (Å²) in [7, 11) is 0. The maximum Gasteiger partial charge on any atom is 0.261 e. The monoisotopic (exact) mass is 373 g/mol. The predicted octanol–water partition coefficient (Wildman–Crippen LogP) is 2.64. The van der Waals surface area contributed by atoms with Gasteiger partial charge in [0.25, 0.3) is 5.56 Å². The van der Waals surface area contributed by atoms with Crippen LogP contribution in [-0.2, 0) is 11.3 Å². The number of aromatic amines is 1. The van der Waals surface area contributed by atoms with Gasteiger partial charge in [0.1, 0.15) is 12.4 Å². The van der Waals surface area contributed by atoms with E-state index in [1.807, 2.05) is 35.2 Å². The van der Waals surface area contributed by atoms with E-state index in [9.17, 15) is 9.59 Å². The lowest BCUT2D eigenvalue weighted by molar-refractivity contribution is -0.133. The molecule has 2 aromatic carbocycles. The van der Waals surface area contributed by atoms with Crippen molar-refractivity contribution in [2.75, 3.05) is 6.54 Å². The number of imidazole rings is 1. The molecule has 0 saturated carbocycles. The van der Waals surface area contributed by atoms with E-state index in [1.165, 1.54) is 10.9 Å². The minimum Gasteiger partial charge on any atom is -0.340 e. The molecule has 0 spiro atoms. The van der Waals surface area contributed by atoms with Crippen molar-refractivity contribution in [3.8, 4) is 0 Å². The number of likely N-dealkylation sites (tertiary alicyclic amines) is 1. The van der Waals surface area contributed by atoms with E-state index in [0.717, 1.165) is 29.7 Å². The van der Waals surface area contributed by atoms with Crippen LogP contribution < -0.4 is 5.56 Å². The second kappa shape index (κ2) is 6.60. The Balaban J connectivity index is 1.43. The number of para-hydroxylation sites is 3. The molecule has 7 nitrogen and oxygen atoms in total. The lowest BCUT2D eigenvalue weighted by Gasteiger charge is -2.23. The number of hydrogen-bond donors (Lipinski definition) is 1. The minimum absolute atomic E-state index is 0.0204. The van der Waals surface area contributed by atoms with E-state index < -0.39 is 0 Å². The number of hydrogen-bond acceptors (Lipinski definition) is 4. The summed E-state index contributed by atoms with van der Waals surface area (Å²) in [6.45, 7) is 0.643. The molecule has 1 amide bonds. The van der Waals surface area contributed by atoms with Crippen LogP contribution in [0.3, 0.4) is 0 Å². The van der Waals surface area contributed by atoms with E-state index in [1.54, 1.807) is 18.2 Å². The van der Waals surface area contributed by atoms with Crippen molar-refractivity contribution in [1.82, 2.24) is 24.4 Å². The Morgan fingerprint density at radius 2 is 1.89 bits per heavy atom. The van der Waals surface area contributed by atoms with Gasteiger partial charge in [0.2, 0.25) is 5.91 Å². The Labute approximate surface area is 160 Å². The molecule has 1 fully saturated rings. The minimum atomic E-state index is -0.196. The Hall–Kier alpha value is -3.48. The fraction of sp³-hybridized carbons (Fsp3) is 0.238. The molecule has 1 N–H and O–H groups in total. The first-order chi connectivity index (χ1) is 13.7. The average molecular weight is 373 g/mol. The number of fused-ring (bicyclic) bond motifs is 2. The third-order valence-electron chi connectivity index (χ3n) is 5.33. The maximum absolute atomic E-state index is 13.0.